The third-order valence-corrected chi connectivity index (χ3v) is 9.06. The largest absolute Gasteiger partial charge is 0.363 e. The maximum Gasteiger partial charge on any atom is 0.316 e. The summed E-state index contributed by atoms with van der Waals surface area (Å²) in [6, 6.07) is 0.370. The van der Waals surface area contributed by atoms with E-state index in [0.717, 1.165) is 19.3 Å². The molecular weight excluding hydrogens is 576 g/mol. The molecule has 1 aliphatic carbocycles. The lowest BCUT2D eigenvalue weighted by atomic mass is 9.80. The number of hydrogen-bond donors (Lipinski definition) is 4. The van der Waals surface area contributed by atoms with Gasteiger partial charge in [0.15, 0.2) is 0 Å². The van der Waals surface area contributed by atoms with Crippen LogP contribution in [0.25, 0.3) is 0 Å². The molecule has 248 valence electrons. The number of primary amides is 1. The third kappa shape index (κ3) is 8.88. The first-order valence-electron chi connectivity index (χ1n) is 16.0. The fourth-order valence-corrected chi connectivity index (χ4v) is 6.15. The van der Waals surface area contributed by atoms with Crippen LogP contribution in [0.5, 0.6) is 0 Å². The zero-order chi connectivity index (χ0) is 33.6. The molecule has 0 bridgehead atoms. The number of hydrogen-bond acceptors (Lipinski definition) is 7. The molecule has 0 aromatic carbocycles. The second-order valence-electron chi connectivity index (χ2n) is 14.2. The summed E-state index contributed by atoms with van der Waals surface area (Å²) in [4.78, 5) is 84.7. The van der Waals surface area contributed by atoms with E-state index in [1.807, 2.05) is 13.8 Å². The van der Waals surface area contributed by atoms with E-state index in [9.17, 15) is 28.8 Å². The van der Waals surface area contributed by atoms with Gasteiger partial charge in [0, 0.05) is 12.7 Å². The Hall–Kier alpha value is -3.83. The zero-order valence-electron chi connectivity index (χ0n) is 27.6. The van der Waals surface area contributed by atoms with Crippen LogP contribution < -0.4 is 21.7 Å². The predicted molar refractivity (Wildman–Crippen MR) is 169 cm³/mol. The molecule has 0 spiro atoms. The Kier molecular flexibility index (Phi) is 11.9. The number of aromatic nitrogens is 1. The number of amides is 5. The van der Waals surface area contributed by atoms with E-state index in [0.29, 0.717) is 12.8 Å². The van der Waals surface area contributed by atoms with Crippen LogP contribution in [0, 0.1) is 29.1 Å². The van der Waals surface area contributed by atoms with E-state index in [-0.39, 0.29) is 41.7 Å². The highest BCUT2D eigenvalue weighted by molar-refractivity contribution is 6.37. The minimum absolute atomic E-state index is 0.0317. The van der Waals surface area contributed by atoms with Gasteiger partial charge in [0.2, 0.25) is 23.4 Å². The lowest BCUT2D eigenvalue weighted by Gasteiger charge is -2.37. The first-order valence-corrected chi connectivity index (χ1v) is 16.0. The topological polar surface area (TPSA) is 181 Å². The number of pyridine rings is 1. The van der Waals surface area contributed by atoms with Gasteiger partial charge >= 0.3 is 6.03 Å². The summed E-state index contributed by atoms with van der Waals surface area (Å²) in [6.45, 7) is 13.2. The van der Waals surface area contributed by atoms with E-state index >= 15 is 0 Å². The van der Waals surface area contributed by atoms with E-state index < -0.39 is 59.1 Å². The van der Waals surface area contributed by atoms with E-state index in [2.05, 4.69) is 20.9 Å². The Morgan fingerprint density at radius 3 is 2.13 bits per heavy atom. The molecule has 1 saturated carbocycles. The Morgan fingerprint density at radius 2 is 1.64 bits per heavy atom. The first-order chi connectivity index (χ1) is 21.0. The molecule has 5 N–H and O–H groups in total. The second-order valence-corrected chi connectivity index (χ2v) is 14.2. The van der Waals surface area contributed by atoms with Crippen molar-refractivity contribution in [2.75, 3.05) is 6.54 Å². The van der Waals surface area contributed by atoms with Gasteiger partial charge in [-0.15, -0.1) is 0 Å². The van der Waals surface area contributed by atoms with Crippen molar-refractivity contribution in [3.05, 3.63) is 30.1 Å². The maximum absolute atomic E-state index is 14.2. The van der Waals surface area contributed by atoms with Crippen molar-refractivity contribution in [1.29, 1.82) is 0 Å². The van der Waals surface area contributed by atoms with Gasteiger partial charge in [-0.25, -0.2) is 4.79 Å². The monoisotopic (exact) mass is 626 g/mol. The van der Waals surface area contributed by atoms with Crippen molar-refractivity contribution >= 4 is 35.3 Å². The van der Waals surface area contributed by atoms with Crippen LogP contribution in [-0.2, 0) is 19.2 Å². The number of nitrogens with one attached hydrogen (secondary N) is 3. The number of carbonyl (C=O) groups excluding carboxylic acids is 6. The molecule has 2 fully saturated rings. The quantitative estimate of drug-likeness (QED) is 0.192. The van der Waals surface area contributed by atoms with Gasteiger partial charge < -0.3 is 26.6 Å². The van der Waals surface area contributed by atoms with Crippen molar-refractivity contribution in [1.82, 2.24) is 25.8 Å². The molecule has 1 aliphatic heterocycles. The minimum atomic E-state index is -1.11. The standard InChI is InChI=1S/C33H50N6O6/c1-18(2)21-14-16-39(25(21)30(43)36-23(27(41)29(34)42)17-20-11-10-12-20)31(44)28(33(5,6)7)38-32(45)37-24(19(3)4)26(40)22-13-8-9-15-35-22/h8-9,13,15,18-21,23-25,28H,10-12,14,16-17H2,1-7H3,(H2,34,42)(H,36,43)(H2,37,38,45)/t21-,23?,24+,25+,28-/m1/s1. The van der Waals surface area contributed by atoms with Crippen LogP contribution in [0.2, 0.25) is 0 Å². The second kappa shape index (κ2) is 15.0. The van der Waals surface area contributed by atoms with Gasteiger partial charge in [-0.2, -0.15) is 0 Å². The predicted octanol–water partition coefficient (Wildman–Crippen LogP) is 2.61. The summed E-state index contributed by atoms with van der Waals surface area (Å²) >= 11 is 0. The summed E-state index contributed by atoms with van der Waals surface area (Å²) in [6.07, 6.45) is 5.23. The van der Waals surface area contributed by atoms with Crippen LogP contribution in [0.1, 0.15) is 91.1 Å². The number of rotatable bonds is 13. The first kappa shape index (κ1) is 35.6. The highest BCUT2D eigenvalue weighted by Gasteiger charge is 2.48. The SMILES string of the molecule is CC(C)[C@H](NC(=O)N[C@H](C(=O)N1CC[C@H](C(C)C)[C@H]1C(=O)NC(CC1CCC1)C(=O)C(N)=O)C(C)(C)C)C(=O)c1ccccn1. The molecule has 3 rings (SSSR count). The Balaban J connectivity index is 1.83. The number of nitrogens with zero attached hydrogens (tertiary/aromatic N) is 2. The molecule has 1 saturated heterocycles. The lowest BCUT2D eigenvalue weighted by Crippen LogP contribution is -2.62. The molecular formula is C33H50N6O6. The normalized spacial score (nSPS) is 20.6. The summed E-state index contributed by atoms with van der Waals surface area (Å²) in [5.41, 5.74) is 4.77. The van der Waals surface area contributed by atoms with Gasteiger partial charge in [0.1, 0.15) is 17.8 Å². The fourth-order valence-electron chi connectivity index (χ4n) is 6.15. The molecule has 1 aromatic heterocycles. The Morgan fingerprint density at radius 1 is 0.978 bits per heavy atom. The highest BCUT2D eigenvalue weighted by atomic mass is 16.2. The smallest absolute Gasteiger partial charge is 0.316 e. The van der Waals surface area contributed by atoms with Crippen molar-refractivity contribution in [3.8, 4) is 0 Å². The van der Waals surface area contributed by atoms with Crippen molar-refractivity contribution in [2.24, 2.45) is 34.8 Å². The molecule has 1 aromatic rings. The van der Waals surface area contributed by atoms with Crippen LogP contribution in [0.3, 0.4) is 0 Å². The van der Waals surface area contributed by atoms with Crippen molar-refractivity contribution < 1.29 is 28.8 Å². The molecule has 5 atom stereocenters. The van der Waals surface area contributed by atoms with Crippen molar-refractivity contribution in [3.63, 3.8) is 0 Å². The molecule has 12 heteroatoms. The van der Waals surface area contributed by atoms with Crippen LogP contribution >= 0.6 is 0 Å². The Bertz CT molecular complexity index is 1260. The number of Topliss-reactive ketones (excluding diaryl/α,β-unsaturated/α-hetero) is 2. The number of ketones is 2. The van der Waals surface area contributed by atoms with Crippen LogP contribution in [0.15, 0.2) is 24.4 Å². The fraction of sp³-hybridized carbons (Fsp3) is 0.667. The molecule has 2 heterocycles. The molecule has 5 amide bonds. The Labute approximate surface area is 266 Å². The number of carbonyl (C=O) groups is 6. The van der Waals surface area contributed by atoms with Gasteiger partial charge in [-0.3, -0.25) is 29.0 Å². The van der Waals surface area contributed by atoms with Crippen molar-refractivity contribution in [2.45, 2.75) is 105 Å². The number of likely N-dealkylation sites (tertiary alicyclic amines) is 1. The molecule has 45 heavy (non-hydrogen) atoms. The number of urea groups is 1. The van der Waals surface area contributed by atoms with E-state index in [1.165, 1.54) is 11.1 Å². The van der Waals surface area contributed by atoms with Gasteiger partial charge in [0.05, 0.1) is 12.1 Å². The zero-order valence-corrected chi connectivity index (χ0v) is 27.6. The maximum atomic E-state index is 14.2. The van der Waals surface area contributed by atoms with Crippen LogP contribution in [-0.4, -0.2) is 75.9 Å². The third-order valence-electron chi connectivity index (χ3n) is 9.06. The number of nitrogens with two attached hydrogens (primary N) is 1. The van der Waals surface area contributed by atoms with Gasteiger partial charge in [0.25, 0.3) is 5.91 Å². The summed E-state index contributed by atoms with van der Waals surface area (Å²) in [5, 5.41) is 8.28. The van der Waals surface area contributed by atoms with E-state index in [1.54, 1.807) is 52.8 Å². The summed E-state index contributed by atoms with van der Waals surface area (Å²) < 4.78 is 0. The van der Waals surface area contributed by atoms with Crippen LogP contribution in [0.4, 0.5) is 4.79 Å². The van der Waals surface area contributed by atoms with Gasteiger partial charge in [-0.1, -0.05) is 73.8 Å². The van der Waals surface area contributed by atoms with Gasteiger partial charge in [-0.05, 0) is 54.1 Å². The lowest BCUT2D eigenvalue weighted by molar-refractivity contribution is -0.144. The average Bonchev–Trinajstić information content (AvgIpc) is 3.40. The molecule has 2 aliphatic rings. The molecule has 0 radical (unpaired) electrons. The summed E-state index contributed by atoms with van der Waals surface area (Å²) in [7, 11) is 0. The molecule has 12 nitrogen and oxygen atoms in total. The average molecular weight is 627 g/mol. The highest BCUT2D eigenvalue weighted by Crippen LogP contribution is 2.34. The summed E-state index contributed by atoms with van der Waals surface area (Å²) in [5.74, 6) is -3.50. The molecule has 1 unspecified atom stereocenters. The van der Waals surface area contributed by atoms with E-state index in [4.69, 9.17) is 5.73 Å². The minimum Gasteiger partial charge on any atom is -0.363 e.